The van der Waals surface area contributed by atoms with Gasteiger partial charge in [-0.15, -0.1) is 0 Å². The van der Waals surface area contributed by atoms with Crippen molar-refractivity contribution in [3.05, 3.63) is 11.6 Å². The third-order valence-corrected chi connectivity index (χ3v) is 4.80. The van der Waals surface area contributed by atoms with Gasteiger partial charge in [-0.05, 0) is 25.7 Å². The van der Waals surface area contributed by atoms with Crippen molar-refractivity contribution < 1.29 is 4.74 Å². The molecule has 2 N–H and O–H groups in total. The summed E-state index contributed by atoms with van der Waals surface area (Å²) in [5.74, 6) is 3.78. The number of guanidine groups is 1. The minimum Gasteiger partial charge on any atom is -0.378 e. The number of aryl methyl sites for hydroxylation is 1. The van der Waals surface area contributed by atoms with E-state index in [0.29, 0.717) is 17.9 Å². The highest BCUT2D eigenvalue weighted by atomic mass is 16.5. The Bertz CT molecular complexity index is 581. The molecule has 0 aliphatic carbocycles. The quantitative estimate of drug-likeness (QED) is 0.547. The van der Waals surface area contributed by atoms with Crippen molar-refractivity contribution in [2.45, 2.75) is 78.5 Å². The van der Waals surface area contributed by atoms with Gasteiger partial charge < -0.3 is 15.4 Å². The monoisotopic (exact) mass is 364 g/mol. The molecule has 7 nitrogen and oxygen atoms in total. The largest absolute Gasteiger partial charge is 0.378 e. The van der Waals surface area contributed by atoms with Gasteiger partial charge in [-0.2, -0.15) is 5.10 Å². The zero-order chi connectivity index (χ0) is 19.1. The molecular weight excluding hydrogens is 328 g/mol. The Hall–Kier alpha value is -1.63. The number of hydrogen-bond acceptors (Lipinski definition) is 4. The van der Waals surface area contributed by atoms with E-state index in [2.05, 4.69) is 60.3 Å². The Morgan fingerprint density at radius 2 is 2.12 bits per heavy atom. The van der Waals surface area contributed by atoms with Crippen LogP contribution in [0.1, 0.15) is 65.0 Å². The third kappa shape index (κ3) is 5.69. The summed E-state index contributed by atoms with van der Waals surface area (Å²) in [4.78, 5) is 9.02. The zero-order valence-corrected chi connectivity index (χ0v) is 17.2. The highest BCUT2D eigenvalue weighted by molar-refractivity contribution is 5.79. The molecular formula is C19H36N6O. The molecule has 1 aliphatic rings. The molecule has 0 amide bonds. The highest BCUT2D eigenvalue weighted by Gasteiger charge is 2.23. The predicted molar refractivity (Wildman–Crippen MR) is 106 cm³/mol. The lowest BCUT2D eigenvalue weighted by Crippen LogP contribution is -2.47. The number of aromatic nitrogens is 3. The summed E-state index contributed by atoms with van der Waals surface area (Å²) in [5, 5.41) is 11.6. The molecule has 0 fully saturated rings. The summed E-state index contributed by atoms with van der Waals surface area (Å²) in [7, 11) is 1.82. The first-order valence-corrected chi connectivity index (χ1v) is 9.96. The molecule has 2 rings (SSSR count). The van der Waals surface area contributed by atoms with Crippen molar-refractivity contribution in [2.75, 3.05) is 20.2 Å². The van der Waals surface area contributed by atoms with Crippen LogP contribution in [-0.2, 0) is 17.7 Å². The lowest BCUT2D eigenvalue weighted by Gasteiger charge is -2.26. The van der Waals surface area contributed by atoms with Gasteiger partial charge in [0.2, 0.25) is 0 Å². The molecule has 1 aromatic heterocycles. The molecule has 0 spiro atoms. The molecule has 0 radical (unpaired) electrons. The van der Waals surface area contributed by atoms with Crippen molar-refractivity contribution >= 4 is 5.96 Å². The molecule has 1 aliphatic heterocycles. The van der Waals surface area contributed by atoms with E-state index < -0.39 is 0 Å². The van der Waals surface area contributed by atoms with Crippen molar-refractivity contribution in [3.8, 4) is 0 Å². The van der Waals surface area contributed by atoms with Crippen LogP contribution in [0, 0.1) is 5.92 Å². The van der Waals surface area contributed by atoms with Crippen LogP contribution in [0.2, 0.25) is 0 Å². The van der Waals surface area contributed by atoms with Gasteiger partial charge in [0.25, 0.3) is 0 Å². The highest BCUT2D eigenvalue weighted by Crippen LogP contribution is 2.17. The van der Waals surface area contributed by atoms with E-state index in [1.807, 2.05) is 11.7 Å². The maximum atomic E-state index is 5.81. The average molecular weight is 365 g/mol. The molecule has 0 saturated heterocycles. The van der Waals surface area contributed by atoms with Crippen LogP contribution in [0.4, 0.5) is 0 Å². The van der Waals surface area contributed by atoms with Crippen LogP contribution in [0.5, 0.6) is 0 Å². The van der Waals surface area contributed by atoms with Crippen LogP contribution in [0.3, 0.4) is 0 Å². The number of fused-ring (bicyclic) bond motifs is 1. The first-order valence-electron chi connectivity index (χ1n) is 9.96. The number of hydrogen-bond donors (Lipinski definition) is 2. The van der Waals surface area contributed by atoms with E-state index in [0.717, 1.165) is 56.6 Å². The number of nitrogens with one attached hydrogen (secondary N) is 2. The molecule has 2 atom stereocenters. The summed E-state index contributed by atoms with van der Waals surface area (Å²) < 4.78 is 7.86. The maximum Gasteiger partial charge on any atom is 0.191 e. The van der Waals surface area contributed by atoms with E-state index in [1.165, 1.54) is 0 Å². The molecule has 148 valence electrons. The number of rotatable bonds is 8. The van der Waals surface area contributed by atoms with E-state index in [9.17, 15) is 0 Å². The topological polar surface area (TPSA) is 76.4 Å². The van der Waals surface area contributed by atoms with Crippen molar-refractivity contribution in [2.24, 2.45) is 10.9 Å². The molecule has 2 unspecified atom stereocenters. The first kappa shape index (κ1) is 20.7. The van der Waals surface area contributed by atoms with Gasteiger partial charge in [-0.1, -0.05) is 27.7 Å². The van der Waals surface area contributed by atoms with Crippen LogP contribution in [0.15, 0.2) is 4.99 Å². The van der Waals surface area contributed by atoms with Gasteiger partial charge in [0.15, 0.2) is 11.8 Å². The van der Waals surface area contributed by atoms with Gasteiger partial charge >= 0.3 is 0 Å². The summed E-state index contributed by atoms with van der Waals surface area (Å²) in [6.45, 7) is 13.2. The smallest absolute Gasteiger partial charge is 0.191 e. The van der Waals surface area contributed by atoms with Gasteiger partial charge in [0, 0.05) is 38.6 Å². The third-order valence-electron chi connectivity index (χ3n) is 4.80. The molecule has 1 aromatic rings. The summed E-state index contributed by atoms with van der Waals surface area (Å²) >= 11 is 0. The second-order valence-electron chi connectivity index (χ2n) is 7.63. The fraction of sp³-hybridized carbons (Fsp3) is 0.842. The molecule has 2 heterocycles. The van der Waals surface area contributed by atoms with Gasteiger partial charge in [-0.3, -0.25) is 4.99 Å². The Kier molecular flexibility index (Phi) is 7.87. The Morgan fingerprint density at radius 3 is 2.73 bits per heavy atom. The van der Waals surface area contributed by atoms with E-state index in [-0.39, 0.29) is 6.10 Å². The van der Waals surface area contributed by atoms with E-state index >= 15 is 0 Å². The van der Waals surface area contributed by atoms with E-state index in [4.69, 9.17) is 4.74 Å². The van der Waals surface area contributed by atoms with E-state index in [1.54, 1.807) is 0 Å². The van der Waals surface area contributed by atoms with Crippen LogP contribution in [-0.4, -0.2) is 53.1 Å². The minimum atomic E-state index is 0.285. The summed E-state index contributed by atoms with van der Waals surface area (Å²) in [5.41, 5.74) is 0. The fourth-order valence-corrected chi connectivity index (χ4v) is 3.23. The molecule has 7 heteroatoms. The number of aliphatic imine (C=N–C) groups is 1. The predicted octanol–water partition coefficient (Wildman–Crippen LogP) is 2.33. The van der Waals surface area contributed by atoms with Gasteiger partial charge in [0.05, 0.1) is 12.6 Å². The SMILES string of the molecule is CCOC(CCNC(=NC)NC1CCc2nc(C(C)C)nn2C1)C(C)C. The Morgan fingerprint density at radius 1 is 1.35 bits per heavy atom. The van der Waals surface area contributed by atoms with Crippen molar-refractivity contribution in [1.82, 2.24) is 25.4 Å². The zero-order valence-electron chi connectivity index (χ0n) is 17.2. The molecule has 0 aromatic carbocycles. The average Bonchev–Trinajstić information content (AvgIpc) is 3.03. The summed E-state index contributed by atoms with van der Waals surface area (Å²) in [6, 6.07) is 0.322. The van der Waals surface area contributed by atoms with Crippen molar-refractivity contribution in [1.29, 1.82) is 0 Å². The Balaban J connectivity index is 1.83. The second kappa shape index (κ2) is 9.90. The normalized spacial score (nSPS) is 18.9. The Labute approximate surface area is 158 Å². The van der Waals surface area contributed by atoms with Crippen LogP contribution in [0.25, 0.3) is 0 Å². The maximum absolute atomic E-state index is 5.81. The fourth-order valence-electron chi connectivity index (χ4n) is 3.23. The lowest BCUT2D eigenvalue weighted by atomic mass is 10.0. The minimum absolute atomic E-state index is 0.285. The second-order valence-corrected chi connectivity index (χ2v) is 7.63. The van der Waals surface area contributed by atoms with Gasteiger partial charge in [-0.25, -0.2) is 9.67 Å². The van der Waals surface area contributed by atoms with Crippen LogP contribution < -0.4 is 10.6 Å². The number of nitrogens with zero attached hydrogens (tertiary/aromatic N) is 4. The van der Waals surface area contributed by atoms with Gasteiger partial charge in [0.1, 0.15) is 5.82 Å². The molecule has 0 saturated carbocycles. The molecule has 0 bridgehead atoms. The lowest BCUT2D eigenvalue weighted by molar-refractivity contribution is 0.0258. The first-order chi connectivity index (χ1) is 12.4. The number of ether oxygens (including phenoxy) is 1. The van der Waals surface area contributed by atoms with Crippen LogP contribution >= 0.6 is 0 Å². The summed E-state index contributed by atoms with van der Waals surface area (Å²) in [6.07, 6.45) is 3.26. The van der Waals surface area contributed by atoms with Crippen molar-refractivity contribution in [3.63, 3.8) is 0 Å². The standard InChI is InChI=1S/C19H36N6O/c1-7-26-16(13(2)3)10-11-21-19(20-6)22-15-8-9-17-23-18(14(4)5)24-25(17)12-15/h13-16H,7-12H2,1-6H3,(H2,20,21,22). The molecule has 26 heavy (non-hydrogen) atoms.